The van der Waals surface area contributed by atoms with Crippen LogP contribution in [0.25, 0.3) is 11.4 Å². The molecule has 0 fully saturated rings. The van der Waals surface area contributed by atoms with Gasteiger partial charge in [0.15, 0.2) is 5.82 Å². The molecule has 0 aliphatic carbocycles. The van der Waals surface area contributed by atoms with Crippen LogP contribution < -0.4 is 0 Å². The molecule has 84 valence electrons. The predicted molar refractivity (Wildman–Crippen MR) is 59.5 cm³/mol. The molecule has 0 spiro atoms. The Morgan fingerprint density at radius 1 is 1.31 bits per heavy atom. The van der Waals surface area contributed by atoms with Gasteiger partial charge in [-0.05, 0) is 12.1 Å². The Labute approximate surface area is 97.1 Å². The van der Waals surface area contributed by atoms with E-state index in [2.05, 4.69) is 10.1 Å². The van der Waals surface area contributed by atoms with Gasteiger partial charge < -0.3 is 0 Å². The van der Waals surface area contributed by atoms with Crippen LogP contribution in [0.1, 0.15) is 0 Å². The van der Waals surface area contributed by atoms with Crippen LogP contribution in [0.2, 0.25) is 0 Å². The summed E-state index contributed by atoms with van der Waals surface area (Å²) >= 11 is 0. The van der Waals surface area contributed by atoms with E-state index in [1.165, 1.54) is 17.1 Å². The highest BCUT2D eigenvalue weighted by molar-refractivity contribution is 8.13. The molecular formula is C9H8ClN3O2S. The van der Waals surface area contributed by atoms with Crippen LogP contribution in [0.4, 0.5) is 0 Å². The zero-order chi connectivity index (χ0) is 11.8. The SMILES string of the molecule is Cn1cnc(-c2ccccc2S(=O)(=O)Cl)n1. The monoisotopic (exact) mass is 257 g/mol. The minimum atomic E-state index is -3.79. The molecule has 16 heavy (non-hydrogen) atoms. The summed E-state index contributed by atoms with van der Waals surface area (Å²) in [5.74, 6) is 0.335. The highest BCUT2D eigenvalue weighted by Crippen LogP contribution is 2.26. The van der Waals surface area contributed by atoms with Gasteiger partial charge in [-0.3, -0.25) is 4.68 Å². The van der Waals surface area contributed by atoms with E-state index in [9.17, 15) is 8.42 Å². The van der Waals surface area contributed by atoms with E-state index < -0.39 is 9.05 Å². The smallest absolute Gasteiger partial charge is 0.255 e. The topological polar surface area (TPSA) is 64.8 Å². The number of hydrogen-bond donors (Lipinski definition) is 0. The Kier molecular flexibility index (Phi) is 2.69. The van der Waals surface area contributed by atoms with Gasteiger partial charge in [0.05, 0.1) is 4.90 Å². The van der Waals surface area contributed by atoms with E-state index in [1.54, 1.807) is 25.2 Å². The molecule has 1 heterocycles. The fourth-order valence-corrected chi connectivity index (χ4v) is 2.39. The maximum atomic E-state index is 11.3. The molecule has 0 aliphatic heterocycles. The van der Waals surface area contributed by atoms with Crippen molar-refractivity contribution in [2.45, 2.75) is 4.90 Å². The van der Waals surface area contributed by atoms with Crippen molar-refractivity contribution in [1.82, 2.24) is 14.8 Å². The fourth-order valence-electron chi connectivity index (χ4n) is 1.33. The van der Waals surface area contributed by atoms with Gasteiger partial charge in [0.2, 0.25) is 0 Å². The van der Waals surface area contributed by atoms with E-state index in [0.29, 0.717) is 11.4 Å². The lowest BCUT2D eigenvalue weighted by molar-refractivity contribution is 0.609. The van der Waals surface area contributed by atoms with Gasteiger partial charge in [0.25, 0.3) is 9.05 Å². The third kappa shape index (κ3) is 2.07. The van der Waals surface area contributed by atoms with Crippen molar-refractivity contribution >= 4 is 19.7 Å². The quantitative estimate of drug-likeness (QED) is 0.763. The standard InChI is InChI=1S/C9H8ClN3O2S/c1-13-6-11-9(12-13)7-4-2-3-5-8(7)16(10,14)15/h2-6H,1H3. The van der Waals surface area contributed by atoms with Crippen molar-refractivity contribution in [3.8, 4) is 11.4 Å². The minimum Gasteiger partial charge on any atom is -0.255 e. The second-order valence-electron chi connectivity index (χ2n) is 3.18. The molecule has 0 bridgehead atoms. The molecule has 1 aromatic carbocycles. The molecule has 0 aliphatic rings. The lowest BCUT2D eigenvalue weighted by Crippen LogP contribution is -1.96. The van der Waals surface area contributed by atoms with Crippen LogP contribution >= 0.6 is 10.7 Å². The lowest BCUT2D eigenvalue weighted by atomic mass is 10.2. The maximum Gasteiger partial charge on any atom is 0.262 e. The molecule has 2 aromatic rings. The minimum absolute atomic E-state index is 0.0165. The van der Waals surface area contributed by atoms with Gasteiger partial charge in [-0.25, -0.2) is 13.4 Å². The summed E-state index contributed by atoms with van der Waals surface area (Å²) in [5.41, 5.74) is 0.401. The highest BCUT2D eigenvalue weighted by Gasteiger charge is 2.18. The average molecular weight is 258 g/mol. The van der Waals surface area contributed by atoms with Crippen LogP contribution in [-0.2, 0) is 16.1 Å². The number of hydrogen-bond acceptors (Lipinski definition) is 4. The number of halogens is 1. The third-order valence-electron chi connectivity index (χ3n) is 1.99. The fraction of sp³-hybridized carbons (Fsp3) is 0.111. The number of benzene rings is 1. The molecule has 7 heteroatoms. The second kappa shape index (κ2) is 3.88. The van der Waals surface area contributed by atoms with Crippen molar-refractivity contribution in [2.75, 3.05) is 0 Å². The first-order chi connectivity index (χ1) is 7.48. The molecule has 0 saturated heterocycles. The van der Waals surface area contributed by atoms with E-state index in [1.807, 2.05) is 0 Å². The summed E-state index contributed by atoms with van der Waals surface area (Å²) in [6.07, 6.45) is 1.49. The summed E-state index contributed by atoms with van der Waals surface area (Å²) in [6.45, 7) is 0. The van der Waals surface area contributed by atoms with Gasteiger partial charge >= 0.3 is 0 Å². The normalized spacial score (nSPS) is 11.6. The van der Waals surface area contributed by atoms with E-state index in [0.717, 1.165) is 0 Å². The molecule has 0 N–H and O–H groups in total. The highest BCUT2D eigenvalue weighted by atomic mass is 35.7. The maximum absolute atomic E-state index is 11.3. The third-order valence-corrected chi connectivity index (χ3v) is 3.37. The molecule has 2 rings (SSSR count). The Hall–Kier alpha value is -1.40. The molecule has 0 saturated carbocycles. The van der Waals surface area contributed by atoms with E-state index >= 15 is 0 Å². The number of nitrogens with zero attached hydrogens (tertiary/aromatic N) is 3. The van der Waals surface area contributed by atoms with Gasteiger partial charge in [0.1, 0.15) is 6.33 Å². The van der Waals surface area contributed by atoms with Crippen molar-refractivity contribution in [3.63, 3.8) is 0 Å². The van der Waals surface area contributed by atoms with Crippen LogP contribution in [0, 0.1) is 0 Å². The van der Waals surface area contributed by atoms with Crippen molar-refractivity contribution in [1.29, 1.82) is 0 Å². The van der Waals surface area contributed by atoms with Crippen LogP contribution in [0.5, 0.6) is 0 Å². The number of aryl methyl sites for hydroxylation is 1. The van der Waals surface area contributed by atoms with Crippen LogP contribution in [0.15, 0.2) is 35.5 Å². The molecule has 0 amide bonds. The number of rotatable bonds is 2. The Bertz CT molecular complexity index is 621. The van der Waals surface area contributed by atoms with Gasteiger partial charge in [-0.1, -0.05) is 12.1 Å². The molecule has 0 atom stereocenters. The summed E-state index contributed by atoms with van der Waals surface area (Å²) in [4.78, 5) is 4.01. The molecular weight excluding hydrogens is 250 g/mol. The van der Waals surface area contributed by atoms with Gasteiger partial charge in [0, 0.05) is 23.3 Å². The summed E-state index contributed by atoms with van der Waals surface area (Å²) in [5, 5.41) is 4.04. The van der Waals surface area contributed by atoms with Gasteiger partial charge in [-0.15, -0.1) is 0 Å². The Balaban J connectivity index is 2.66. The molecule has 0 unspecified atom stereocenters. The zero-order valence-corrected chi connectivity index (χ0v) is 9.90. The predicted octanol–water partition coefficient (Wildman–Crippen LogP) is 1.41. The summed E-state index contributed by atoms with van der Waals surface area (Å²) < 4.78 is 24.2. The van der Waals surface area contributed by atoms with Crippen molar-refractivity contribution in [2.24, 2.45) is 7.05 Å². The second-order valence-corrected chi connectivity index (χ2v) is 5.71. The van der Waals surface area contributed by atoms with Crippen molar-refractivity contribution in [3.05, 3.63) is 30.6 Å². The largest absolute Gasteiger partial charge is 0.262 e. The van der Waals surface area contributed by atoms with E-state index in [-0.39, 0.29) is 4.90 Å². The molecule has 1 aromatic heterocycles. The Morgan fingerprint density at radius 3 is 2.56 bits per heavy atom. The first kappa shape index (κ1) is 11.1. The molecule has 0 radical (unpaired) electrons. The van der Waals surface area contributed by atoms with Crippen molar-refractivity contribution < 1.29 is 8.42 Å². The van der Waals surface area contributed by atoms with E-state index in [4.69, 9.17) is 10.7 Å². The van der Waals surface area contributed by atoms with Gasteiger partial charge in [-0.2, -0.15) is 5.10 Å². The zero-order valence-electron chi connectivity index (χ0n) is 8.33. The lowest BCUT2D eigenvalue weighted by Gasteiger charge is -2.01. The Morgan fingerprint density at radius 2 is 2.00 bits per heavy atom. The summed E-state index contributed by atoms with van der Waals surface area (Å²) in [6, 6.07) is 6.34. The van der Waals surface area contributed by atoms with Crippen LogP contribution in [0.3, 0.4) is 0 Å². The molecule has 5 nitrogen and oxygen atoms in total. The first-order valence-electron chi connectivity index (χ1n) is 4.38. The summed E-state index contributed by atoms with van der Waals surface area (Å²) in [7, 11) is 3.24. The first-order valence-corrected chi connectivity index (χ1v) is 6.69. The van der Waals surface area contributed by atoms with Crippen LogP contribution in [-0.4, -0.2) is 23.2 Å². The average Bonchev–Trinajstić information content (AvgIpc) is 2.64. The number of aromatic nitrogens is 3.